The van der Waals surface area contributed by atoms with Gasteiger partial charge in [-0.05, 0) is 25.0 Å². The van der Waals surface area contributed by atoms with Crippen molar-refractivity contribution < 1.29 is 0 Å². The van der Waals surface area contributed by atoms with Crippen LogP contribution in [0.5, 0.6) is 0 Å². The van der Waals surface area contributed by atoms with Crippen molar-refractivity contribution in [3.63, 3.8) is 0 Å². The van der Waals surface area contributed by atoms with E-state index in [1.807, 2.05) is 6.07 Å². The Morgan fingerprint density at radius 2 is 2.25 bits per heavy atom. The highest BCUT2D eigenvalue weighted by Gasteiger charge is 2.03. The fourth-order valence-corrected chi connectivity index (χ4v) is 2.61. The Labute approximate surface area is 108 Å². The molecule has 0 saturated carbocycles. The molecule has 0 bridgehead atoms. The molecule has 0 aliphatic rings. The molecule has 0 spiro atoms. The molecule has 86 valence electrons. The number of thiazole rings is 1. The zero-order valence-electron chi connectivity index (χ0n) is 9.24. The van der Waals surface area contributed by atoms with Gasteiger partial charge in [0, 0.05) is 11.4 Å². The molecular weight excluding hydrogens is 284 g/mol. The lowest BCUT2D eigenvalue weighted by Gasteiger charge is -2.06. The maximum Gasteiger partial charge on any atom is 0.183 e. The Bertz CT molecular complexity index is 422. The minimum atomic E-state index is 0.606. The summed E-state index contributed by atoms with van der Waals surface area (Å²) >= 11 is 5.35. The number of anilines is 1. The summed E-state index contributed by atoms with van der Waals surface area (Å²) in [4.78, 5) is 5.13. The van der Waals surface area contributed by atoms with Crippen LogP contribution in [-0.2, 0) is 0 Å². The van der Waals surface area contributed by atoms with Gasteiger partial charge in [0.05, 0.1) is 10.2 Å². The molecule has 2 rings (SSSR count). The molecule has 0 fully saturated rings. The second kappa shape index (κ2) is 5.64. The lowest BCUT2D eigenvalue weighted by atomic mass is 10.2. The summed E-state index contributed by atoms with van der Waals surface area (Å²) in [5.74, 6) is 0. The number of halogens is 1. The fourth-order valence-electron chi connectivity index (χ4n) is 1.49. The van der Waals surface area contributed by atoms with Gasteiger partial charge in [0.25, 0.3) is 0 Å². The predicted octanol–water partition coefficient (Wildman–Crippen LogP) is 4.27. The van der Waals surface area contributed by atoms with Gasteiger partial charge in [-0.1, -0.05) is 46.3 Å². The van der Waals surface area contributed by atoms with Gasteiger partial charge in [-0.25, -0.2) is 4.98 Å². The van der Waals surface area contributed by atoms with Crippen molar-refractivity contribution in [1.82, 2.24) is 4.98 Å². The average molecular weight is 299 g/mol. The third kappa shape index (κ3) is 2.95. The highest BCUT2D eigenvalue weighted by atomic mass is 79.9. The van der Waals surface area contributed by atoms with E-state index in [0.717, 1.165) is 23.6 Å². The third-order valence-corrected chi connectivity index (χ3v) is 4.57. The molecule has 1 atom stereocenters. The minimum Gasteiger partial charge on any atom is -0.361 e. The second-order valence-corrected chi connectivity index (χ2v) is 6.03. The van der Waals surface area contributed by atoms with Crippen LogP contribution in [0.15, 0.2) is 24.3 Å². The maximum absolute atomic E-state index is 4.53. The van der Waals surface area contributed by atoms with Crippen LogP contribution in [0, 0.1) is 0 Å². The number of hydrogen-bond donors (Lipinski definition) is 1. The maximum atomic E-state index is 4.53. The topological polar surface area (TPSA) is 24.9 Å². The van der Waals surface area contributed by atoms with Gasteiger partial charge < -0.3 is 5.32 Å². The molecule has 2 nitrogen and oxygen atoms in total. The molecule has 0 aliphatic carbocycles. The van der Waals surface area contributed by atoms with Crippen molar-refractivity contribution in [3.05, 3.63) is 24.3 Å². The van der Waals surface area contributed by atoms with Crippen molar-refractivity contribution in [1.29, 1.82) is 0 Å². The molecule has 16 heavy (non-hydrogen) atoms. The monoisotopic (exact) mass is 298 g/mol. The van der Waals surface area contributed by atoms with Crippen LogP contribution in [0.25, 0.3) is 10.2 Å². The van der Waals surface area contributed by atoms with Gasteiger partial charge in [-0.15, -0.1) is 0 Å². The number of aromatic nitrogens is 1. The van der Waals surface area contributed by atoms with Crippen LogP contribution < -0.4 is 5.32 Å². The molecular formula is C12H15BrN2S. The van der Waals surface area contributed by atoms with E-state index in [9.17, 15) is 0 Å². The molecule has 0 aliphatic heterocycles. The van der Waals surface area contributed by atoms with Crippen LogP contribution in [0.4, 0.5) is 5.13 Å². The van der Waals surface area contributed by atoms with E-state index in [-0.39, 0.29) is 0 Å². The zero-order valence-corrected chi connectivity index (χ0v) is 11.6. The van der Waals surface area contributed by atoms with E-state index >= 15 is 0 Å². The SMILES string of the molecule is CCC(Br)CCNc1nc2ccccc2s1. The standard InChI is InChI=1S/C12H15BrN2S/c1-2-9(13)7-8-14-12-15-10-5-3-4-6-11(10)16-12/h3-6,9H,2,7-8H2,1H3,(H,14,15). The van der Waals surface area contributed by atoms with E-state index in [2.05, 4.69) is 51.4 Å². The van der Waals surface area contributed by atoms with Crippen LogP contribution in [0.3, 0.4) is 0 Å². The molecule has 4 heteroatoms. The molecule has 1 heterocycles. The molecule has 0 saturated heterocycles. The zero-order chi connectivity index (χ0) is 11.4. The molecule has 0 radical (unpaired) electrons. The van der Waals surface area contributed by atoms with Gasteiger partial charge in [0.15, 0.2) is 5.13 Å². The quantitative estimate of drug-likeness (QED) is 0.834. The minimum absolute atomic E-state index is 0.606. The van der Waals surface area contributed by atoms with Gasteiger partial charge >= 0.3 is 0 Å². The van der Waals surface area contributed by atoms with Crippen LogP contribution in [0.1, 0.15) is 19.8 Å². The summed E-state index contributed by atoms with van der Waals surface area (Å²) in [7, 11) is 0. The number of alkyl halides is 1. The summed E-state index contributed by atoms with van der Waals surface area (Å²) in [6, 6.07) is 8.24. The summed E-state index contributed by atoms with van der Waals surface area (Å²) in [5, 5.41) is 4.40. The first-order chi connectivity index (χ1) is 7.79. The second-order valence-electron chi connectivity index (χ2n) is 3.71. The first-order valence-electron chi connectivity index (χ1n) is 5.53. The van der Waals surface area contributed by atoms with E-state index in [1.165, 1.54) is 11.1 Å². The molecule has 1 aromatic heterocycles. The van der Waals surface area contributed by atoms with Crippen molar-refractivity contribution in [2.75, 3.05) is 11.9 Å². The Morgan fingerprint density at radius 3 is 3.00 bits per heavy atom. The lowest BCUT2D eigenvalue weighted by Crippen LogP contribution is -2.07. The molecule has 0 amide bonds. The predicted molar refractivity (Wildman–Crippen MR) is 75.7 cm³/mol. The Morgan fingerprint density at radius 1 is 1.44 bits per heavy atom. The molecule has 1 aromatic carbocycles. The van der Waals surface area contributed by atoms with Gasteiger partial charge in [-0.3, -0.25) is 0 Å². The number of benzene rings is 1. The highest BCUT2D eigenvalue weighted by Crippen LogP contribution is 2.25. The van der Waals surface area contributed by atoms with E-state index < -0.39 is 0 Å². The van der Waals surface area contributed by atoms with Crippen molar-refractivity contribution in [2.24, 2.45) is 0 Å². The average Bonchev–Trinajstić information content (AvgIpc) is 2.71. The molecule has 1 unspecified atom stereocenters. The number of fused-ring (bicyclic) bond motifs is 1. The smallest absolute Gasteiger partial charge is 0.183 e. The van der Waals surface area contributed by atoms with Crippen LogP contribution in [-0.4, -0.2) is 16.4 Å². The fraction of sp³-hybridized carbons (Fsp3) is 0.417. The van der Waals surface area contributed by atoms with E-state index in [1.54, 1.807) is 11.3 Å². The Kier molecular flexibility index (Phi) is 4.18. The van der Waals surface area contributed by atoms with Gasteiger partial charge in [0.1, 0.15) is 0 Å². The highest BCUT2D eigenvalue weighted by molar-refractivity contribution is 9.09. The first kappa shape index (κ1) is 11.9. The van der Waals surface area contributed by atoms with Crippen LogP contribution >= 0.6 is 27.3 Å². The summed E-state index contributed by atoms with van der Waals surface area (Å²) in [5.41, 5.74) is 1.08. The normalized spacial score (nSPS) is 12.9. The van der Waals surface area contributed by atoms with Crippen molar-refractivity contribution >= 4 is 42.6 Å². The van der Waals surface area contributed by atoms with Crippen molar-refractivity contribution in [3.8, 4) is 0 Å². The largest absolute Gasteiger partial charge is 0.361 e. The third-order valence-electron chi connectivity index (χ3n) is 2.47. The van der Waals surface area contributed by atoms with E-state index in [4.69, 9.17) is 0 Å². The number of para-hydroxylation sites is 1. The number of rotatable bonds is 5. The Hall–Kier alpha value is -0.610. The molecule has 2 aromatic rings. The first-order valence-corrected chi connectivity index (χ1v) is 7.26. The summed E-state index contributed by atoms with van der Waals surface area (Å²) < 4.78 is 1.25. The molecule has 1 N–H and O–H groups in total. The summed E-state index contributed by atoms with van der Waals surface area (Å²) in [6.07, 6.45) is 2.30. The van der Waals surface area contributed by atoms with Crippen molar-refractivity contribution in [2.45, 2.75) is 24.6 Å². The lowest BCUT2D eigenvalue weighted by molar-refractivity contribution is 0.774. The Balaban J connectivity index is 1.94. The van der Waals surface area contributed by atoms with E-state index in [0.29, 0.717) is 4.83 Å². The van der Waals surface area contributed by atoms with Crippen LogP contribution in [0.2, 0.25) is 0 Å². The number of nitrogens with one attached hydrogen (secondary N) is 1. The number of hydrogen-bond acceptors (Lipinski definition) is 3. The van der Waals surface area contributed by atoms with Gasteiger partial charge in [-0.2, -0.15) is 0 Å². The van der Waals surface area contributed by atoms with Gasteiger partial charge in [0.2, 0.25) is 0 Å². The summed E-state index contributed by atoms with van der Waals surface area (Å²) in [6.45, 7) is 3.17. The number of nitrogens with zero attached hydrogens (tertiary/aromatic N) is 1.